The number of amides is 1. The Balaban J connectivity index is 1.71. The zero-order valence-electron chi connectivity index (χ0n) is 12.6. The average Bonchev–Trinajstić information content (AvgIpc) is 3.00. The number of nitrogens with zero attached hydrogens (tertiary/aromatic N) is 2. The smallest absolute Gasteiger partial charge is 0.260 e. The van der Waals surface area contributed by atoms with E-state index in [4.69, 9.17) is 0 Å². The van der Waals surface area contributed by atoms with Crippen molar-refractivity contribution in [3.63, 3.8) is 0 Å². The number of carbonyl (C=O) groups is 1. The first-order valence-corrected chi connectivity index (χ1v) is 7.61. The molecule has 2 aromatic heterocycles. The molecule has 0 bridgehead atoms. The summed E-state index contributed by atoms with van der Waals surface area (Å²) in [6.07, 6.45) is 4.68. The van der Waals surface area contributed by atoms with Crippen molar-refractivity contribution in [3.05, 3.63) is 51.7 Å². The number of pyridine rings is 1. The van der Waals surface area contributed by atoms with Crippen molar-refractivity contribution in [2.45, 2.75) is 26.2 Å². The van der Waals surface area contributed by atoms with Crippen molar-refractivity contribution in [1.82, 2.24) is 20.1 Å². The fourth-order valence-electron chi connectivity index (χ4n) is 3.04. The number of hydrogen-bond donors (Lipinski definition) is 2. The third kappa shape index (κ3) is 3.10. The number of nitrogens with one attached hydrogen (secondary N) is 2. The Morgan fingerprint density at radius 2 is 2.27 bits per heavy atom. The van der Waals surface area contributed by atoms with Crippen LogP contribution in [0.5, 0.6) is 0 Å². The SMILES string of the molecule is Cc1ccc(C(=O)N2CCCC(Cc3ccn[nH]3)C2)c(=O)[nH]1. The molecule has 0 aromatic carbocycles. The minimum Gasteiger partial charge on any atom is -0.338 e. The van der Waals surface area contributed by atoms with E-state index in [-0.39, 0.29) is 17.0 Å². The lowest BCUT2D eigenvalue weighted by Crippen LogP contribution is -2.42. The highest BCUT2D eigenvalue weighted by molar-refractivity contribution is 5.93. The third-order valence-electron chi connectivity index (χ3n) is 4.16. The van der Waals surface area contributed by atoms with Gasteiger partial charge in [-0.1, -0.05) is 0 Å². The van der Waals surface area contributed by atoms with Crippen LogP contribution in [0.3, 0.4) is 0 Å². The van der Waals surface area contributed by atoms with Crippen LogP contribution in [0.4, 0.5) is 0 Å². The van der Waals surface area contributed by atoms with Gasteiger partial charge < -0.3 is 9.88 Å². The molecule has 1 aliphatic heterocycles. The zero-order valence-corrected chi connectivity index (χ0v) is 12.6. The molecule has 1 saturated heterocycles. The summed E-state index contributed by atoms with van der Waals surface area (Å²) in [4.78, 5) is 29.0. The second-order valence-electron chi connectivity index (χ2n) is 5.93. The van der Waals surface area contributed by atoms with Gasteiger partial charge in [0.1, 0.15) is 5.56 Å². The Kier molecular flexibility index (Phi) is 4.09. The maximum Gasteiger partial charge on any atom is 0.260 e. The zero-order chi connectivity index (χ0) is 15.5. The van der Waals surface area contributed by atoms with Crippen LogP contribution in [0.15, 0.2) is 29.2 Å². The summed E-state index contributed by atoms with van der Waals surface area (Å²) >= 11 is 0. The molecule has 0 radical (unpaired) electrons. The van der Waals surface area contributed by atoms with Crippen molar-refractivity contribution in [2.24, 2.45) is 5.92 Å². The van der Waals surface area contributed by atoms with E-state index in [1.54, 1.807) is 30.2 Å². The Morgan fingerprint density at radius 1 is 1.41 bits per heavy atom. The molecule has 1 atom stereocenters. The molecular formula is C16H20N4O2. The van der Waals surface area contributed by atoms with Gasteiger partial charge in [-0.2, -0.15) is 5.10 Å². The van der Waals surface area contributed by atoms with E-state index in [2.05, 4.69) is 15.2 Å². The minimum atomic E-state index is -0.305. The maximum absolute atomic E-state index is 12.6. The molecule has 3 rings (SSSR count). The van der Waals surface area contributed by atoms with Gasteiger partial charge in [0.05, 0.1) is 0 Å². The summed E-state index contributed by atoms with van der Waals surface area (Å²) in [5.74, 6) is 0.234. The van der Waals surface area contributed by atoms with Gasteiger partial charge in [-0.25, -0.2) is 0 Å². The summed E-state index contributed by atoms with van der Waals surface area (Å²) in [6, 6.07) is 5.35. The molecule has 2 N–H and O–H groups in total. The molecule has 116 valence electrons. The quantitative estimate of drug-likeness (QED) is 0.901. The number of rotatable bonds is 3. The first-order chi connectivity index (χ1) is 10.6. The number of hydrogen-bond acceptors (Lipinski definition) is 3. The molecule has 1 amide bonds. The largest absolute Gasteiger partial charge is 0.338 e. The van der Waals surface area contributed by atoms with Crippen molar-refractivity contribution >= 4 is 5.91 Å². The highest BCUT2D eigenvalue weighted by atomic mass is 16.2. The maximum atomic E-state index is 12.6. The highest BCUT2D eigenvalue weighted by Gasteiger charge is 2.26. The van der Waals surface area contributed by atoms with Crippen LogP contribution in [-0.4, -0.2) is 39.1 Å². The van der Waals surface area contributed by atoms with Gasteiger partial charge in [0.15, 0.2) is 0 Å². The molecule has 2 aromatic rings. The Labute approximate surface area is 128 Å². The standard InChI is InChI=1S/C16H20N4O2/c1-11-4-5-14(15(21)18-11)16(22)20-8-2-3-12(10-20)9-13-6-7-17-19-13/h4-7,12H,2-3,8-10H2,1H3,(H,17,19)(H,18,21). The predicted molar refractivity (Wildman–Crippen MR) is 82.7 cm³/mol. The van der Waals surface area contributed by atoms with E-state index in [1.165, 1.54) is 0 Å². The van der Waals surface area contributed by atoms with Gasteiger partial charge in [-0.05, 0) is 50.3 Å². The number of piperidine rings is 1. The molecule has 6 heteroatoms. The summed E-state index contributed by atoms with van der Waals surface area (Å²) in [7, 11) is 0. The Bertz CT molecular complexity index is 705. The molecule has 0 spiro atoms. The van der Waals surface area contributed by atoms with Crippen molar-refractivity contribution in [2.75, 3.05) is 13.1 Å². The lowest BCUT2D eigenvalue weighted by molar-refractivity contribution is 0.0671. The molecule has 6 nitrogen and oxygen atoms in total. The van der Waals surface area contributed by atoms with Gasteiger partial charge in [0.2, 0.25) is 0 Å². The van der Waals surface area contributed by atoms with E-state index < -0.39 is 0 Å². The average molecular weight is 300 g/mol. The van der Waals surface area contributed by atoms with Crippen LogP contribution >= 0.6 is 0 Å². The van der Waals surface area contributed by atoms with Gasteiger partial charge in [0, 0.05) is 30.7 Å². The first-order valence-electron chi connectivity index (χ1n) is 7.61. The van der Waals surface area contributed by atoms with Crippen LogP contribution in [0.25, 0.3) is 0 Å². The second-order valence-corrected chi connectivity index (χ2v) is 5.93. The summed E-state index contributed by atoms with van der Waals surface area (Å²) in [5.41, 5.74) is 1.78. The van der Waals surface area contributed by atoms with Crippen LogP contribution in [0, 0.1) is 12.8 Å². The molecule has 0 saturated carbocycles. The normalized spacial score (nSPS) is 18.4. The fraction of sp³-hybridized carbons (Fsp3) is 0.438. The van der Waals surface area contributed by atoms with E-state index in [9.17, 15) is 9.59 Å². The van der Waals surface area contributed by atoms with Crippen LogP contribution in [-0.2, 0) is 6.42 Å². The number of aromatic amines is 2. The molecular weight excluding hydrogens is 280 g/mol. The second kappa shape index (κ2) is 6.17. The lowest BCUT2D eigenvalue weighted by Gasteiger charge is -2.32. The van der Waals surface area contributed by atoms with E-state index in [1.807, 2.05) is 6.07 Å². The predicted octanol–water partition coefficient (Wildman–Crippen LogP) is 1.50. The minimum absolute atomic E-state index is 0.171. The van der Waals surface area contributed by atoms with Gasteiger partial charge in [0.25, 0.3) is 11.5 Å². The van der Waals surface area contributed by atoms with Crippen molar-refractivity contribution < 1.29 is 4.79 Å². The van der Waals surface area contributed by atoms with E-state index in [0.29, 0.717) is 19.0 Å². The van der Waals surface area contributed by atoms with E-state index in [0.717, 1.165) is 30.7 Å². The molecule has 1 fully saturated rings. The molecule has 0 aliphatic carbocycles. The Hall–Kier alpha value is -2.37. The van der Waals surface area contributed by atoms with Gasteiger partial charge >= 0.3 is 0 Å². The number of aryl methyl sites for hydroxylation is 1. The number of carbonyl (C=O) groups excluding carboxylic acids is 1. The number of likely N-dealkylation sites (tertiary alicyclic amines) is 1. The summed E-state index contributed by atoms with van der Waals surface area (Å²) in [6.45, 7) is 3.20. The first kappa shape index (κ1) is 14.6. The third-order valence-corrected chi connectivity index (χ3v) is 4.16. The molecule has 22 heavy (non-hydrogen) atoms. The highest BCUT2D eigenvalue weighted by Crippen LogP contribution is 2.21. The van der Waals surface area contributed by atoms with Crippen molar-refractivity contribution in [3.8, 4) is 0 Å². The lowest BCUT2D eigenvalue weighted by atomic mass is 9.93. The number of aromatic nitrogens is 3. The fourth-order valence-corrected chi connectivity index (χ4v) is 3.04. The number of H-pyrrole nitrogens is 2. The summed E-state index contributed by atoms with van der Waals surface area (Å²) < 4.78 is 0. The topological polar surface area (TPSA) is 81.8 Å². The molecule has 1 aliphatic rings. The van der Waals surface area contributed by atoms with Crippen molar-refractivity contribution in [1.29, 1.82) is 0 Å². The monoisotopic (exact) mass is 300 g/mol. The van der Waals surface area contributed by atoms with E-state index >= 15 is 0 Å². The van der Waals surface area contributed by atoms with Crippen LogP contribution < -0.4 is 5.56 Å². The molecule has 3 heterocycles. The van der Waals surface area contributed by atoms with Crippen LogP contribution in [0.2, 0.25) is 0 Å². The van der Waals surface area contributed by atoms with Crippen LogP contribution in [0.1, 0.15) is 34.6 Å². The van der Waals surface area contributed by atoms with Gasteiger partial charge in [-0.3, -0.25) is 14.7 Å². The van der Waals surface area contributed by atoms with Gasteiger partial charge in [-0.15, -0.1) is 0 Å². The molecule has 1 unspecified atom stereocenters. The Morgan fingerprint density at radius 3 is 3.00 bits per heavy atom. The summed E-state index contributed by atoms with van der Waals surface area (Å²) in [5, 5.41) is 6.93.